The Bertz CT molecular complexity index is 1860. The average Bonchev–Trinajstić information content (AvgIpc) is 3.69. The summed E-state index contributed by atoms with van der Waals surface area (Å²) in [6.07, 6.45) is 25.1. The van der Waals surface area contributed by atoms with Crippen LogP contribution in [0, 0.1) is 13.8 Å². The molecule has 2 heterocycles. The quantitative estimate of drug-likeness (QED) is 0.151. The van der Waals surface area contributed by atoms with Gasteiger partial charge in [0.1, 0.15) is 0 Å². The molecule has 1 aliphatic carbocycles. The van der Waals surface area contributed by atoms with Gasteiger partial charge in [-0.05, 0) is 91.8 Å². The van der Waals surface area contributed by atoms with Crippen LogP contribution < -0.4 is 10.2 Å². The predicted molar refractivity (Wildman–Crippen MR) is 226 cm³/mol. The first-order valence-electron chi connectivity index (χ1n) is 20.3. The van der Waals surface area contributed by atoms with E-state index in [0.29, 0.717) is 0 Å². The van der Waals surface area contributed by atoms with E-state index < -0.39 is 0 Å². The van der Waals surface area contributed by atoms with Crippen LogP contribution in [0.1, 0.15) is 134 Å². The molecule has 0 amide bonds. The smallest absolute Gasteiger partial charge is 0.0674 e. The monoisotopic (exact) mass is 694 g/mol. The van der Waals surface area contributed by atoms with Crippen molar-refractivity contribution in [3.8, 4) is 0 Å². The molecule has 52 heavy (non-hydrogen) atoms. The molecule has 2 aliphatic heterocycles. The Kier molecular flexibility index (Phi) is 12.1. The molecular formula is C49H63N3. The molecule has 0 saturated carbocycles. The first kappa shape index (κ1) is 37.6. The molecule has 0 fully saturated rings. The van der Waals surface area contributed by atoms with Crippen molar-refractivity contribution < 1.29 is 0 Å². The number of aryl methyl sites for hydroxylation is 2. The van der Waals surface area contributed by atoms with Crippen molar-refractivity contribution in [2.24, 2.45) is 4.99 Å². The van der Waals surface area contributed by atoms with Gasteiger partial charge in [-0.2, -0.15) is 0 Å². The molecule has 0 radical (unpaired) electrons. The molecule has 6 rings (SSSR count). The van der Waals surface area contributed by atoms with Crippen molar-refractivity contribution in [1.82, 2.24) is 0 Å². The summed E-state index contributed by atoms with van der Waals surface area (Å²) in [6.45, 7) is 17.2. The van der Waals surface area contributed by atoms with Gasteiger partial charge in [0.05, 0.1) is 11.4 Å². The minimum atomic E-state index is -0.119. The second-order valence-corrected chi connectivity index (χ2v) is 16.6. The highest BCUT2D eigenvalue weighted by Gasteiger charge is 2.40. The van der Waals surface area contributed by atoms with Gasteiger partial charge in [-0.3, -0.25) is 4.99 Å². The molecule has 274 valence electrons. The first-order valence-corrected chi connectivity index (χ1v) is 20.3. The van der Waals surface area contributed by atoms with E-state index in [1.807, 2.05) is 0 Å². The predicted octanol–water partition coefficient (Wildman–Crippen LogP) is 13.9. The van der Waals surface area contributed by atoms with E-state index in [1.165, 1.54) is 115 Å². The Morgan fingerprint density at radius 3 is 2.06 bits per heavy atom. The second-order valence-electron chi connectivity index (χ2n) is 16.6. The lowest BCUT2D eigenvalue weighted by Gasteiger charge is -2.27. The third-order valence-electron chi connectivity index (χ3n) is 11.7. The number of allylic oxidation sites excluding steroid dienone is 7. The maximum absolute atomic E-state index is 5.09. The summed E-state index contributed by atoms with van der Waals surface area (Å²) in [5.74, 6) is 0. The lowest BCUT2D eigenvalue weighted by atomic mass is 9.81. The summed E-state index contributed by atoms with van der Waals surface area (Å²) in [4.78, 5) is 7.73. The van der Waals surface area contributed by atoms with Crippen molar-refractivity contribution in [1.29, 1.82) is 0 Å². The highest BCUT2D eigenvalue weighted by atomic mass is 15.2. The van der Waals surface area contributed by atoms with E-state index in [0.717, 1.165) is 36.5 Å². The third-order valence-corrected chi connectivity index (χ3v) is 11.7. The molecule has 3 nitrogen and oxygen atoms in total. The number of anilines is 2. The highest BCUT2D eigenvalue weighted by molar-refractivity contribution is 6.08. The normalized spacial score (nSPS) is 18.9. The lowest BCUT2D eigenvalue weighted by Crippen LogP contribution is -2.27. The van der Waals surface area contributed by atoms with Crippen LogP contribution in [0.3, 0.4) is 0 Å². The number of nitrogens with zero attached hydrogens (tertiary/aromatic N) is 2. The molecule has 0 bridgehead atoms. The number of aliphatic imine (C=N–C) groups is 1. The Morgan fingerprint density at radius 1 is 0.692 bits per heavy atom. The Balaban J connectivity index is 1.24. The maximum Gasteiger partial charge on any atom is 0.0674 e. The average molecular weight is 694 g/mol. The van der Waals surface area contributed by atoms with Crippen molar-refractivity contribution in [3.63, 3.8) is 0 Å². The Morgan fingerprint density at radius 2 is 1.35 bits per heavy atom. The van der Waals surface area contributed by atoms with Gasteiger partial charge in [0.2, 0.25) is 0 Å². The molecule has 0 aromatic heterocycles. The molecule has 3 heteroatoms. The van der Waals surface area contributed by atoms with E-state index in [-0.39, 0.29) is 10.8 Å². The number of fused-ring (bicyclic) bond motifs is 2. The number of nitrogens with one attached hydrogen (secondary N) is 1. The van der Waals surface area contributed by atoms with E-state index in [2.05, 4.69) is 150 Å². The molecular weight excluding hydrogens is 631 g/mol. The van der Waals surface area contributed by atoms with Gasteiger partial charge in [0.25, 0.3) is 0 Å². The summed E-state index contributed by atoms with van der Waals surface area (Å²) in [5, 5.41) is 3.84. The van der Waals surface area contributed by atoms with Crippen LogP contribution in [-0.2, 0) is 10.8 Å². The first-order chi connectivity index (χ1) is 25.1. The minimum absolute atomic E-state index is 0.0610. The second kappa shape index (κ2) is 16.7. The van der Waals surface area contributed by atoms with Crippen molar-refractivity contribution >= 4 is 22.8 Å². The molecule has 0 atom stereocenters. The third kappa shape index (κ3) is 8.41. The Hall–Kier alpha value is -4.11. The molecule has 3 aromatic carbocycles. The lowest BCUT2D eigenvalue weighted by molar-refractivity contribution is 0.554. The fourth-order valence-electron chi connectivity index (χ4n) is 8.43. The van der Waals surface area contributed by atoms with Gasteiger partial charge in [-0.25, -0.2) is 0 Å². The SMILES string of the molecule is CCCCCCCCCCCCN1/C(=C/C=C2\CCC(/C=C/C3=Nc4ccc(C)cc4C3(C)C)=C2Nc2ccccc2)C(C)(C)c2cc(C)ccc21. The minimum Gasteiger partial charge on any atom is -0.355 e. The van der Waals surface area contributed by atoms with Crippen LogP contribution >= 0.6 is 0 Å². The van der Waals surface area contributed by atoms with Crippen LogP contribution in [0.25, 0.3) is 0 Å². The van der Waals surface area contributed by atoms with Gasteiger partial charge in [0.15, 0.2) is 0 Å². The van der Waals surface area contributed by atoms with Crippen LogP contribution in [0.2, 0.25) is 0 Å². The fraction of sp³-hybridized carbons (Fsp3) is 0.449. The zero-order valence-electron chi connectivity index (χ0n) is 33.2. The van der Waals surface area contributed by atoms with E-state index in [9.17, 15) is 0 Å². The van der Waals surface area contributed by atoms with Crippen LogP contribution in [0.15, 0.2) is 119 Å². The molecule has 3 aromatic rings. The van der Waals surface area contributed by atoms with Crippen molar-refractivity contribution in [2.75, 3.05) is 16.8 Å². The van der Waals surface area contributed by atoms with Crippen molar-refractivity contribution in [2.45, 2.75) is 136 Å². The Labute approximate surface area is 315 Å². The van der Waals surface area contributed by atoms with Crippen LogP contribution in [0.4, 0.5) is 17.1 Å². The van der Waals surface area contributed by atoms with Gasteiger partial charge in [0, 0.05) is 40.1 Å². The van der Waals surface area contributed by atoms with Gasteiger partial charge < -0.3 is 10.2 Å². The van der Waals surface area contributed by atoms with Crippen molar-refractivity contribution in [3.05, 3.63) is 136 Å². The summed E-state index contributed by atoms with van der Waals surface area (Å²) < 4.78 is 0. The van der Waals surface area contributed by atoms with E-state index in [4.69, 9.17) is 4.99 Å². The molecule has 1 N–H and O–H groups in total. The summed E-state index contributed by atoms with van der Waals surface area (Å²) in [7, 11) is 0. The number of hydrogen-bond donors (Lipinski definition) is 1. The molecule has 0 unspecified atom stereocenters. The topological polar surface area (TPSA) is 27.6 Å². The number of unbranched alkanes of at least 4 members (excludes halogenated alkanes) is 9. The largest absolute Gasteiger partial charge is 0.355 e. The number of benzene rings is 3. The molecule has 3 aliphatic rings. The van der Waals surface area contributed by atoms with Crippen LogP contribution in [0.5, 0.6) is 0 Å². The summed E-state index contributed by atoms with van der Waals surface area (Å²) >= 11 is 0. The fourth-order valence-corrected chi connectivity index (χ4v) is 8.43. The summed E-state index contributed by atoms with van der Waals surface area (Å²) in [6, 6.07) is 24.3. The van der Waals surface area contributed by atoms with E-state index >= 15 is 0 Å². The summed E-state index contributed by atoms with van der Waals surface area (Å²) in [5.41, 5.74) is 15.3. The zero-order valence-corrected chi connectivity index (χ0v) is 33.2. The number of hydrogen-bond acceptors (Lipinski definition) is 3. The standard InChI is InChI=1S/C49H63N3/c1-8-9-10-11-12-13-14-15-16-20-33-52-44-30-24-37(3)35-42(44)49(6,7)46(52)32-28-39-26-25-38(47(39)50-40-21-18-17-19-22-40)27-31-45-48(4,5)41-34-36(2)23-29-43(41)51-45/h17-19,21-24,27-32,34-35,50H,8-16,20,25-26,33H2,1-7H3/b31-27+,39-28+,46-32+. The highest BCUT2D eigenvalue weighted by Crippen LogP contribution is 2.48. The van der Waals surface area contributed by atoms with Gasteiger partial charge >= 0.3 is 0 Å². The number of para-hydroxylation sites is 1. The van der Waals surface area contributed by atoms with Crippen LogP contribution in [-0.4, -0.2) is 12.3 Å². The zero-order chi connectivity index (χ0) is 36.7. The number of rotatable bonds is 16. The molecule has 0 spiro atoms. The van der Waals surface area contributed by atoms with E-state index in [1.54, 1.807) is 0 Å². The molecule has 0 saturated heterocycles. The van der Waals surface area contributed by atoms with Gasteiger partial charge in [-0.15, -0.1) is 0 Å². The van der Waals surface area contributed by atoms with Gasteiger partial charge in [-0.1, -0.05) is 158 Å². The maximum atomic E-state index is 5.09.